The van der Waals surface area contributed by atoms with Crippen molar-refractivity contribution in [1.82, 2.24) is 14.3 Å². The minimum atomic E-state index is -3.59. The van der Waals surface area contributed by atoms with E-state index in [1.54, 1.807) is 37.7 Å². The largest absolute Gasteiger partial charge is 0.497 e. The average molecular weight is 469 g/mol. The fourth-order valence-corrected chi connectivity index (χ4v) is 8.76. The van der Waals surface area contributed by atoms with Crippen molar-refractivity contribution in [3.63, 3.8) is 0 Å². The van der Waals surface area contributed by atoms with Gasteiger partial charge in [-0.3, -0.25) is 0 Å². The first kappa shape index (κ1) is 21.4. The van der Waals surface area contributed by atoms with Gasteiger partial charge in [-0.25, -0.2) is 18.4 Å². The molecule has 0 unspecified atom stereocenters. The predicted molar refractivity (Wildman–Crippen MR) is 125 cm³/mol. The summed E-state index contributed by atoms with van der Waals surface area (Å²) in [7, 11) is -2.02. The molecule has 33 heavy (non-hydrogen) atoms. The average Bonchev–Trinajstić information content (AvgIpc) is 2.81. The number of rotatable bonds is 6. The number of methoxy groups -OCH3 is 1. The maximum atomic E-state index is 13.2. The van der Waals surface area contributed by atoms with Gasteiger partial charge in [0.1, 0.15) is 17.9 Å². The van der Waals surface area contributed by atoms with Crippen molar-refractivity contribution in [2.45, 2.75) is 56.4 Å². The first-order chi connectivity index (χ1) is 15.9. The molecule has 1 aromatic heterocycles. The molecule has 0 amide bonds. The Kier molecular flexibility index (Phi) is 5.14. The second-order valence-corrected chi connectivity index (χ2v) is 12.6. The highest BCUT2D eigenvalue weighted by molar-refractivity contribution is 7.89. The normalized spacial score (nSPS) is 30.8. The molecule has 5 aliphatic rings. The van der Waals surface area contributed by atoms with Gasteiger partial charge in [-0.1, -0.05) is 0 Å². The zero-order chi connectivity index (χ0) is 22.6. The Morgan fingerprint density at radius 1 is 1.06 bits per heavy atom. The lowest BCUT2D eigenvalue weighted by Crippen LogP contribution is -2.49. The maximum Gasteiger partial charge on any atom is 0.243 e. The molecule has 0 atom stereocenters. The van der Waals surface area contributed by atoms with Gasteiger partial charge in [-0.05, 0) is 92.4 Å². The van der Waals surface area contributed by atoms with Crippen LogP contribution < -0.4 is 10.1 Å². The van der Waals surface area contributed by atoms with Crippen molar-refractivity contribution >= 4 is 15.8 Å². The molecule has 2 aromatic rings. The molecule has 2 heterocycles. The van der Waals surface area contributed by atoms with Gasteiger partial charge in [-0.15, -0.1) is 0 Å². The standard InChI is InChI=1S/C25H32N4O3S/c1-32-20-2-4-21(5-3-20)33(30,31)29-7-6-22-23(14-29)27-16-28-24(22)26-15-25-11-17-8-18(12-25)10-19(9-17)13-25/h2-5,16-19H,6-15H2,1H3,(H,26,27,28). The van der Waals surface area contributed by atoms with Gasteiger partial charge in [0, 0.05) is 18.7 Å². The SMILES string of the molecule is COc1ccc(S(=O)(=O)N2CCc3c(ncnc3NCC34CC5CC(CC(C5)C3)C4)C2)cc1. The molecular formula is C25H32N4O3S. The number of fused-ring (bicyclic) bond motifs is 1. The highest BCUT2D eigenvalue weighted by Crippen LogP contribution is 2.59. The van der Waals surface area contributed by atoms with Gasteiger partial charge < -0.3 is 10.1 Å². The van der Waals surface area contributed by atoms with E-state index in [0.717, 1.165) is 41.4 Å². The van der Waals surface area contributed by atoms with Crippen LogP contribution in [0.5, 0.6) is 5.75 Å². The Labute approximate surface area is 196 Å². The Balaban J connectivity index is 1.18. The number of hydrogen-bond donors (Lipinski definition) is 1. The number of sulfonamides is 1. The van der Waals surface area contributed by atoms with Crippen LogP contribution in [0.4, 0.5) is 5.82 Å². The second-order valence-electron chi connectivity index (χ2n) is 10.7. The molecule has 1 N–H and O–H groups in total. The van der Waals surface area contributed by atoms with E-state index in [1.807, 2.05) is 0 Å². The predicted octanol–water partition coefficient (Wildman–Crippen LogP) is 3.86. The third-order valence-electron chi connectivity index (χ3n) is 8.47. The monoisotopic (exact) mass is 468 g/mol. The zero-order valence-corrected chi connectivity index (χ0v) is 20.0. The fraction of sp³-hybridized carbons (Fsp3) is 0.600. The summed E-state index contributed by atoms with van der Waals surface area (Å²) in [5, 5.41) is 3.69. The van der Waals surface area contributed by atoms with E-state index in [2.05, 4.69) is 15.3 Å². The molecule has 4 bridgehead atoms. The van der Waals surface area contributed by atoms with Gasteiger partial charge >= 0.3 is 0 Å². The first-order valence-corrected chi connectivity index (χ1v) is 13.6. The summed E-state index contributed by atoms with van der Waals surface area (Å²) in [6, 6.07) is 6.56. The Morgan fingerprint density at radius 2 is 1.73 bits per heavy atom. The number of nitrogens with zero attached hydrogens (tertiary/aromatic N) is 3. The zero-order valence-electron chi connectivity index (χ0n) is 19.2. The van der Waals surface area contributed by atoms with E-state index in [9.17, 15) is 8.42 Å². The van der Waals surface area contributed by atoms with Crippen LogP contribution in [0.25, 0.3) is 0 Å². The van der Waals surface area contributed by atoms with Crippen molar-refractivity contribution < 1.29 is 13.2 Å². The quantitative estimate of drug-likeness (QED) is 0.693. The number of anilines is 1. The van der Waals surface area contributed by atoms with Crippen LogP contribution in [-0.2, 0) is 23.0 Å². The summed E-state index contributed by atoms with van der Waals surface area (Å²) in [4.78, 5) is 9.31. The number of benzene rings is 1. The Hall–Kier alpha value is -2.19. The van der Waals surface area contributed by atoms with E-state index in [0.29, 0.717) is 24.1 Å². The highest BCUT2D eigenvalue weighted by atomic mass is 32.2. The Morgan fingerprint density at radius 3 is 2.36 bits per heavy atom. The molecule has 1 aliphatic heterocycles. The lowest BCUT2D eigenvalue weighted by atomic mass is 9.49. The molecule has 0 radical (unpaired) electrons. The molecule has 7 rings (SSSR count). The maximum absolute atomic E-state index is 13.2. The summed E-state index contributed by atoms with van der Waals surface area (Å²) in [5.41, 5.74) is 2.30. The minimum Gasteiger partial charge on any atom is -0.497 e. The summed E-state index contributed by atoms with van der Waals surface area (Å²) >= 11 is 0. The van der Waals surface area contributed by atoms with Gasteiger partial charge in [0.25, 0.3) is 0 Å². The molecule has 176 valence electrons. The van der Waals surface area contributed by atoms with Gasteiger partial charge in [0.05, 0.1) is 24.2 Å². The minimum absolute atomic E-state index is 0.276. The van der Waals surface area contributed by atoms with E-state index < -0.39 is 10.0 Å². The molecule has 4 saturated carbocycles. The van der Waals surface area contributed by atoms with E-state index in [4.69, 9.17) is 4.74 Å². The fourth-order valence-electron chi connectivity index (χ4n) is 7.36. The van der Waals surface area contributed by atoms with Crippen LogP contribution >= 0.6 is 0 Å². The first-order valence-electron chi connectivity index (χ1n) is 12.1. The van der Waals surface area contributed by atoms with Crippen molar-refractivity contribution in [3.05, 3.63) is 41.9 Å². The van der Waals surface area contributed by atoms with Gasteiger partial charge in [0.15, 0.2) is 0 Å². The Bertz CT molecular complexity index is 1110. The molecule has 8 heteroatoms. The molecule has 7 nitrogen and oxygen atoms in total. The van der Waals surface area contributed by atoms with Crippen LogP contribution in [0, 0.1) is 23.2 Å². The third-order valence-corrected chi connectivity index (χ3v) is 10.3. The smallest absolute Gasteiger partial charge is 0.243 e. The second kappa shape index (κ2) is 7.94. The lowest BCUT2D eigenvalue weighted by Gasteiger charge is -2.57. The van der Waals surface area contributed by atoms with Gasteiger partial charge in [0.2, 0.25) is 10.0 Å². The summed E-state index contributed by atoms with van der Waals surface area (Å²) in [6.07, 6.45) is 10.6. The number of nitrogens with one attached hydrogen (secondary N) is 1. The molecular weight excluding hydrogens is 436 g/mol. The van der Waals surface area contributed by atoms with Crippen molar-refractivity contribution in [3.8, 4) is 5.75 Å². The lowest BCUT2D eigenvalue weighted by molar-refractivity contribution is -0.0444. The molecule has 1 aromatic carbocycles. The number of ether oxygens (including phenoxy) is 1. The highest BCUT2D eigenvalue weighted by Gasteiger charge is 2.50. The molecule has 4 aliphatic carbocycles. The number of aromatic nitrogens is 2. The summed E-state index contributed by atoms with van der Waals surface area (Å²) in [6.45, 7) is 1.69. The summed E-state index contributed by atoms with van der Waals surface area (Å²) in [5.74, 6) is 4.31. The van der Waals surface area contributed by atoms with Crippen molar-refractivity contribution in [1.29, 1.82) is 0 Å². The van der Waals surface area contributed by atoms with E-state index >= 15 is 0 Å². The molecule has 0 spiro atoms. The number of hydrogen-bond acceptors (Lipinski definition) is 6. The van der Waals surface area contributed by atoms with Gasteiger partial charge in [-0.2, -0.15) is 4.31 Å². The summed E-state index contributed by atoms with van der Waals surface area (Å²) < 4.78 is 33.1. The molecule has 0 saturated heterocycles. The van der Waals surface area contributed by atoms with Crippen LogP contribution in [0.15, 0.2) is 35.5 Å². The van der Waals surface area contributed by atoms with Crippen molar-refractivity contribution in [2.75, 3.05) is 25.5 Å². The van der Waals surface area contributed by atoms with E-state index in [-0.39, 0.29) is 11.4 Å². The van der Waals surface area contributed by atoms with Crippen molar-refractivity contribution in [2.24, 2.45) is 23.2 Å². The van der Waals surface area contributed by atoms with Crippen LogP contribution in [0.1, 0.15) is 49.8 Å². The van der Waals surface area contributed by atoms with Crippen LogP contribution in [-0.4, -0.2) is 42.9 Å². The van der Waals surface area contributed by atoms with E-state index in [1.165, 1.54) is 42.8 Å². The third kappa shape index (κ3) is 3.81. The van der Waals surface area contributed by atoms with Crippen LogP contribution in [0.2, 0.25) is 0 Å². The molecule has 4 fully saturated rings. The topological polar surface area (TPSA) is 84.4 Å². The van der Waals surface area contributed by atoms with Crippen LogP contribution in [0.3, 0.4) is 0 Å².